The van der Waals surface area contributed by atoms with Gasteiger partial charge in [0.25, 0.3) is 5.91 Å². The van der Waals surface area contributed by atoms with Gasteiger partial charge in [-0.05, 0) is 55.0 Å². The largest absolute Gasteiger partial charge is 0.384 e. The number of para-hydroxylation sites is 2. The van der Waals surface area contributed by atoms with E-state index in [1.54, 1.807) is 0 Å². The fourth-order valence-electron chi connectivity index (χ4n) is 3.90. The van der Waals surface area contributed by atoms with Crippen LogP contribution in [-0.4, -0.2) is 27.0 Å². The van der Waals surface area contributed by atoms with E-state index in [1.165, 1.54) is 5.56 Å². The van der Waals surface area contributed by atoms with E-state index in [0.29, 0.717) is 35.0 Å². The maximum absolute atomic E-state index is 13.1. The van der Waals surface area contributed by atoms with Gasteiger partial charge in [-0.25, -0.2) is 9.97 Å². The maximum atomic E-state index is 13.1. The summed E-state index contributed by atoms with van der Waals surface area (Å²) in [7, 11) is 0. The van der Waals surface area contributed by atoms with E-state index in [9.17, 15) is 4.79 Å². The van der Waals surface area contributed by atoms with E-state index < -0.39 is 0 Å². The fraction of sp³-hybridized carbons (Fsp3) is 0.346. The number of benzene rings is 2. The van der Waals surface area contributed by atoms with Crippen LogP contribution in [0.25, 0.3) is 27.9 Å². The molecule has 2 aromatic heterocycles. The molecule has 0 aliphatic carbocycles. The maximum Gasteiger partial charge on any atom is 0.257 e. The molecule has 0 atom stereocenters. The van der Waals surface area contributed by atoms with E-state index in [2.05, 4.69) is 38.2 Å². The zero-order valence-corrected chi connectivity index (χ0v) is 19.1. The van der Waals surface area contributed by atoms with Crippen molar-refractivity contribution in [2.75, 3.05) is 12.3 Å². The number of hydrogen-bond donors (Lipinski definition) is 2. The summed E-state index contributed by atoms with van der Waals surface area (Å²) >= 11 is 0. The third-order valence-electron chi connectivity index (χ3n) is 5.75. The van der Waals surface area contributed by atoms with Crippen LogP contribution < -0.4 is 11.1 Å². The molecule has 0 saturated carbocycles. The third kappa shape index (κ3) is 4.31. The number of aryl methyl sites for hydroxylation is 1. The van der Waals surface area contributed by atoms with Gasteiger partial charge in [0.15, 0.2) is 5.65 Å². The van der Waals surface area contributed by atoms with Gasteiger partial charge in [-0.15, -0.1) is 0 Å². The van der Waals surface area contributed by atoms with E-state index >= 15 is 0 Å². The van der Waals surface area contributed by atoms with Gasteiger partial charge in [0.1, 0.15) is 16.9 Å². The Labute approximate surface area is 188 Å². The van der Waals surface area contributed by atoms with Gasteiger partial charge >= 0.3 is 0 Å². The number of nitrogens with one attached hydrogen (secondary N) is 1. The molecule has 0 spiro atoms. The molecule has 0 bridgehead atoms. The Balaban J connectivity index is 1.83. The number of fused-ring (bicyclic) bond motifs is 2. The lowest BCUT2D eigenvalue weighted by Gasteiger charge is -2.10. The van der Waals surface area contributed by atoms with Gasteiger partial charge in [0, 0.05) is 12.2 Å². The standard InChI is InChI=1S/C26H31N5O/c1-4-5-8-18-11-13-19(14-12-18)31-24(27)22(26(32)28-16-15-17(2)3)23-25(31)30-21-10-7-6-9-20(21)29-23/h6-7,9-14,17H,4-5,8,15-16,27H2,1-3H3,(H,28,32). The Morgan fingerprint density at radius 2 is 1.75 bits per heavy atom. The van der Waals surface area contributed by atoms with E-state index in [1.807, 2.05) is 41.0 Å². The van der Waals surface area contributed by atoms with Crippen molar-refractivity contribution >= 4 is 33.9 Å². The minimum atomic E-state index is -0.212. The first kappa shape index (κ1) is 21.8. The van der Waals surface area contributed by atoms with Crippen molar-refractivity contribution in [3.05, 3.63) is 59.7 Å². The highest BCUT2D eigenvalue weighted by Gasteiger charge is 2.24. The lowest BCUT2D eigenvalue weighted by atomic mass is 10.1. The molecule has 166 valence electrons. The number of nitrogen functional groups attached to an aromatic ring is 1. The number of rotatable bonds is 8. The smallest absolute Gasteiger partial charge is 0.257 e. The molecular weight excluding hydrogens is 398 g/mol. The van der Waals surface area contributed by atoms with Crippen molar-refractivity contribution in [3.63, 3.8) is 0 Å². The van der Waals surface area contributed by atoms with Gasteiger partial charge in [-0.2, -0.15) is 0 Å². The number of carbonyl (C=O) groups excluding carboxylic acids is 1. The molecule has 0 radical (unpaired) electrons. The molecule has 0 unspecified atom stereocenters. The van der Waals surface area contributed by atoms with Gasteiger partial charge in [-0.3, -0.25) is 9.36 Å². The second-order valence-electron chi connectivity index (χ2n) is 8.69. The topological polar surface area (TPSA) is 85.8 Å². The van der Waals surface area contributed by atoms with Crippen LogP contribution in [0.4, 0.5) is 5.82 Å². The molecule has 6 nitrogen and oxygen atoms in total. The monoisotopic (exact) mass is 429 g/mol. The number of carbonyl (C=O) groups is 1. The number of amides is 1. The van der Waals surface area contributed by atoms with Crippen molar-refractivity contribution in [1.82, 2.24) is 19.9 Å². The number of nitrogens with two attached hydrogens (primary N) is 1. The molecular formula is C26H31N5O. The van der Waals surface area contributed by atoms with Crippen molar-refractivity contribution < 1.29 is 4.79 Å². The summed E-state index contributed by atoms with van der Waals surface area (Å²) in [5, 5.41) is 3.01. The van der Waals surface area contributed by atoms with Crippen LogP contribution in [0.2, 0.25) is 0 Å². The third-order valence-corrected chi connectivity index (χ3v) is 5.75. The summed E-state index contributed by atoms with van der Waals surface area (Å²) in [6.45, 7) is 7.05. The quantitative estimate of drug-likeness (QED) is 0.399. The van der Waals surface area contributed by atoms with Gasteiger partial charge < -0.3 is 11.1 Å². The van der Waals surface area contributed by atoms with Crippen LogP contribution in [0.15, 0.2) is 48.5 Å². The lowest BCUT2D eigenvalue weighted by Crippen LogP contribution is -2.26. The Hall–Kier alpha value is -3.41. The summed E-state index contributed by atoms with van der Waals surface area (Å²) in [5.41, 5.74) is 11.8. The van der Waals surface area contributed by atoms with Crippen molar-refractivity contribution in [3.8, 4) is 5.69 Å². The minimum absolute atomic E-state index is 0.212. The van der Waals surface area contributed by atoms with Crippen LogP contribution in [0.1, 0.15) is 56.0 Å². The molecule has 2 heterocycles. The van der Waals surface area contributed by atoms with Crippen LogP contribution >= 0.6 is 0 Å². The highest BCUT2D eigenvalue weighted by Crippen LogP contribution is 2.31. The number of hydrogen-bond acceptors (Lipinski definition) is 4. The molecule has 4 aromatic rings. The van der Waals surface area contributed by atoms with Gasteiger partial charge in [0.2, 0.25) is 0 Å². The molecule has 0 fully saturated rings. The fourth-order valence-corrected chi connectivity index (χ4v) is 3.90. The molecule has 6 heteroatoms. The molecule has 0 aliphatic heterocycles. The number of aromatic nitrogens is 3. The summed E-state index contributed by atoms with van der Waals surface area (Å²) in [5.74, 6) is 0.652. The van der Waals surface area contributed by atoms with Crippen molar-refractivity contribution in [1.29, 1.82) is 0 Å². The summed E-state index contributed by atoms with van der Waals surface area (Å²) < 4.78 is 1.84. The number of unbranched alkanes of at least 4 members (excludes halogenated alkanes) is 1. The van der Waals surface area contributed by atoms with Crippen LogP contribution in [-0.2, 0) is 6.42 Å². The van der Waals surface area contributed by atoms with E-state index in [-0.39, 0.29) is 5.91 Å². The highest BCUT2D eigenvalue weighted by molar-refractivity contribution is 6.11. The molecule has 0 aliphatic rings. The molecule has 1 amide bonds. The van der Waals surface area contributed by atoms with E-state index in [0.717, 1.165) is 42.4 Å². The second kappa shape index (κ2) is 9.39. The predicted molar refractivity (Wildman–Crippen MR) is 131 cm³/mol. The molecule has 32 heavy (non-hydrogen) atoms. The predicted octanol–water partition coefficient (Wildman–Crippen LogP) is 5.27. The summed E-state index contributed by atoms with van der Waals surface area (Å²) in [4.78, 5) is 22.8. The van der Waals surface area contributed by atoms with E-state index in [4.69, 9.17) is 15.7 Å². The summed E-state index contributed by atoms with van der Waals surface area (Å²) in [6.07, 6.45) is 4.27. The van der Waals surface area contributed by atoms with Crippen LogP contribution in [0, 0.1) is 5.92 Å². The lowest BCUT2D eigenvalue weighted by molar-refractivity contribution is 0.0954. The molecule has 4 rings (SSSR count). The number of nitrogens with zero attached hydrogens (tertiary/aromatic N) is 3. The molecule has 2 aromatic carbocycles. The van der Waals surface area contributed by atoms with Crippen LogP contribution in [0.5, 0.6) is 0 Å². The normalized spacial score (nSPS) is 11.5. The van der Waals surface area contributed by atoms with Crippen molar-refractivity contribution in [2.24, 2.45) is 5.92 Å². The van der Waals surface area contributed by atoms with Crippen molar-refractivity contribution in [2.45, 2.75) is 46.5 Å². The van der Waals surface area contributed by atoms with Crippen LogP contribution in [0.3, 0.4) is 0 Å². The first-order valence-electron chi connectivity index (χ1n) is 11.4. The first-order valence-corrected chi connectivity index (χ1v) is 11.4. The molecule has 3 N–H and O–H groups in total. The van der Waals surface area contributed by atoms with Gasteiger partial charge in [-0.1, -0.05) is 51.5 Å². The zero-order valence-electron chi connectivity index (χ0n) is 19.1. The summed E-state index contributed by atoms with van der Waals surface area (Å²) in [6, 6.07) is 16.0. The Morgan fingerprint density at radius 1 is 1.06 bits per heavy atom. The molecule has 0 saturated heterocycles. The SMILES string of the molecule is CCCCc1ccc(-n2c(N)c(C(=O)NCCC(C)C)c3nc4ccccc4nc32)cc1. The Morgan fingerprint density at radius 3 is 2.41 bits per heavy atom. The average molecular weight is 430 g/mol. The number of anilines is 1. The first-order chi connectivity index (χ1) is 15.5. The zero-order chi connectivity index (χ0) is 22.7. The highest BCUT2D eigenvalue weighted by atomic mass is 16.1. The van der Waals surface area contributed by atoms with Gasteiger partial charge in [0.05, 0.1) is 11.0 Å². The average Bonchev–Trinajstić information content (AvgIpc) is 3.06. The minimum Gasteiger partial charge on any atom is -0.384 e. The second-order valence-corrected chi connectivity index (χ2v) is 8.69. The Bertz CT molecular complexity index is 1240. The Kier molecular flexibility index (Phi) is 6.40.